The van der Waals surface area contributed by atoms with E-state index < -0.39 is 0 Å². The second kappa shape index (κ2) is 6.14. The molecule has 0 saturated carbocycles. The summed E-state index contributed by atoms with van der Waals surface area (Å²) >= 11 is 3.53. The zero-order valence-electron chi connectivity index (χ0n) is 10.4. The molecular formula is C15H17BrN2. The second-order valence-corrected chi connectivity index (χ2v) is 5.39. The summed E-state index contributed by atoms with van der Waals surface area (Å²) in [5, 5.41) is 0. The van der Waals surface area contributed by atoms with Crippen LogP contribution in [0.3, 0.4) is 0 Å². The third-order valence-electron chi connectivity index (χ3n) is 2.95. The molecule has 3 heteroatoms. The van der Waals surface area contributed by atoms with Crippen molar-refractivity contribution in [1.29, 1.82) is 0 Å². The number of hydrogen-bond donors (Lipinski definition) is 2. The fraction of sp³-hybridized carbons (Fsp3) is 0.200. The molecule has 0 heterocycles. The summed E-state index contributed by atoms with van der Waals surface area (Å²) in [6.45, 7) is 2.09. The Morgan fingerprint density at radius 2 is 1.89 bits per heavy atom. The van der Waals surface area contributed by atoms with E-state index in [-0.39, 0.29) is 6.04 Å². The summed E-state index contributed by atoms with van der Waals surface area (Å²) in [6.07, 6.45) is 0.882. The molecule has 0 saturated heterocycles. The van der Waals surface area contributed by atoms with Gasteiger partial charge in [-0.2, -0.15) is 0 Å². The van der Waals surface area contributed by atoms with E-state index in [1.165, 1.54) is 16.7 Å². The van der Waals surface area contributed by atoms with Crippen molar-refractivity contribution in [2.45, 2.75) is 19.4 Å². The molecule has 0 spiro atoms. The molecule has 0 bridgehead atoms. The van der Waals surface area contributed by atoms with Gasteiger partial charge in [-0.25, -0.2) is 0 Å². The topological polar surface area (TPSA) is 38.0 Å². The van der Waals surface area contributed by atoms with Gasteiger partial charge < -0.3 is 0 Å². The fourth-order valence-electron chi connectivity index (χ4n) is 2.09. The first kappa shape index (κ1) is 13.3. The molecule has 2 aromatic rings. The van der Waals surface area contributed by atoms with Crippen LogP contribution >= 0.6 is 15.9 Å². The Balaban J connectivity index is 2.23. The molecule has 2 rings (SSSR count). The Morgan fingerprint density at radius 3 is 2.50 bits per heavy atom. The molecule has 1 atom stereocenters. The van der Waals surface area contributed by atoms with Gasteiger partial charge in [0.15, 0.2) is 0 Å². The van der Waals surface area contributed by atoms with E-state index >= 15 is 0 Å². The lowest BCUT2D eigenvalue weighted by molar-refractivity contribution is 0.551. The predicted octanol–water partition coefficient (Wildman–Crippen LogP) is 3.50. The summed E-state index contributed by atoms with van der Waals surface area (Å²) in [7, 11) is 0. The minimum absolute atomic E-state index is 0.128. The predicted molar refractivity (Wildman–Crippen MR) is 79.1 cm³/mol. The maximum atomic E-state index is 5.69. The van der Waals surface area contributed by atoms with Crippen molar-refractivity contribution in [3.63, 3.8) is 0 Å². The van der Waals surface area contributed by atoms with Crippen molar-refractivity contribution in [1.82, 2.24) is 5.43 Å². The smallest absolute Gasteiger partial charge is 0.0500 e. The van der Waals surface area contributed by atoms with Crippen LogP contribution in [0.2, 0.25) is 0 Å². The van der Waals surface area contributed by atoms with E-state index in [4.69, 9.17) is 5.84 Å². The average molecular weight is 305 g/mol. The summed E-state index contributed by atoms with van der Waals surface area (Å²) in [5.41, 5.74) is 6.61. The van der Waals surface area contributed by atoms with Gasteiger partial charge in [0.1, 0.15) is 0 Å². The van der Waals surface area contributed by atoms with E-state index in [1.54, 1.807) is 0 Å². The molecule has 94 valence electrons. The molecule has 0 aliphatic rings. The van der Waals surface area contributed by atoms with E-state index in [1.807, 2.05) is 6.07 Å². The quantitative estimate of drug-likeness (QED) is 0.670. The zero-order chi connectivity index (χ0) is 13.0. The normalized spacial score (nSPS) is 12.4. The molecule has 0 aliphatic carbocycles. The van der Waals surface area contributed by atoms with Gasteiger partial charge >= 0.3 is 0 Å². The number of benzene rings is 2. The van der Waals surface area contributed by atoms with Gasteiger partial charge in [0, 0.05) is 4.47 Å². The number of hydrazine groups is 1. The van der Waals surface area contributed by atoms with Crippen LogP contribution in [0.4, 0.5) is 0 Å². The SMILES string of the molecule is Cc1cc(Br)cc(C(Cc2ccccc2)NN)c1. The minimum atomic E-state index is 0.128. The van der Waals surface area contributed by atoms with E-state index in [0.29, 0.717) is 0 Å². The van der Waals surface area contributed by atoms with Gasteiger partial charge in [0.05, 0.1) is 6.04 Å². The van der Waals surface area contributed by atoms with E-state index in [9.17, 15) is 0 Å². The van der Waals surface area contributed by atoms with Gasteiger partial charge in [-0.3, -0.25) is 11.3 Å². The average Bonchev–Trinajstić information content (AvgIpc) is 2.36. The molecule has 2 nitrogen and oxygen atoms in total. The fourth-order valence-corrected chi connectivity index (χ4v) is 2.71. The highest BCUT2D eigenvalue weighted by molar-refractivity contribution is 9.10. The highest BCUT2D eigenvalue weighted by Gasteiger charge is 2.11. The number of aryl methyl sites for hydroxylation is 1. The highest BCUT2D eigenvalue weighted by atomic mass is 79.9. The van der Waals surface area contributed by atoms with Crippen molar-refractivity contribution < 1.29 is 0 Å². The molecule has 0 aromatic heterocycles. The molecule has 0 amide bonds. The maximum absolute atomic E-state index is 5.69. The monoisotopic (exact) mass is 304 g/mol. The first-order valence-corrected chi connectivity index (χ1v) is 6.75. The molecule has 3 N–H and O–H groups in total. The summed E-state index contributed by atoms with van der Waals surface area (Å²) in [4.78, 5) is 0. The Bertz CT molecular complexity index is 491. The number of nitrogens with two attached hydrogens (primary N) is 1. The Hall–Kier alpha value is -1.16. The van der Waals surface area contributed by atoms with Crippen LogP contribution in [0.5, 0.6) is 0 Å². The summed E-state index contributed by atoms with van der Waals surface area (Å²) < 4.78 is 1.09. The van der Waals surface area contributed by atoms with Crippen LogP contribution in [0, 0.1) is 6.92 Å². The molecule has 2 aromatic carbocycles. The third kappa shape index (κ3) is 3.42. The van der Waals surface area contributed by atoms with Crippen molar-refractivity contribution in [2.24, 2.45) is 5.84 Å². The standard InChI is InChI=1S/C15H17BrN2/c1-11-7-13(10-14(16)8-11)15(18-17)9-12-5-3-2-4-6-12/h2-8,10,15,18H,9,17H2,1H3. The largest absolute Gasteiger partial charge is 0.271 e. The number of hydrogen-bond acceptors (Lipinski definition) is 2. The van der Waals surface area contributed by atoms with Crippen LogP contribution < -0.4 is 11.3 Å². The third-order valence-corrected chi connectivity index (χ3v) is 3.41. The first-order valence-electron chi connectivity index (χ1n) is 5.96. The number of rotatable bonds is 4. The zero-order valence-corrected chi connectivity index (χ0v) is 11.9. The molecular weight excluding hydrogens is 288 g/mol. The summed E-state index contributed by atoms with van der Waals surface area (Å²) in [6, 6.07) is 16.9. The van der Waals surface area contributed by atoms with Gasteiger partial charge in [0.25, 0.3) is 0 Å². The summed E-state index contributed by atoms with van der Waals surface area (Å²) in [5.74, 6) is 5.69. The Morgan fingerprint density at radius 1 is 1.17 bits per heavy atom. The molecule has 1 unspecified atom stereocenters. The number of halogens is 1. The van der Waals surface area contributed by atoms with Crippen LogP contribution in [0.1, 0.15) is 22.7 Å². The van der Waals surface area contributed by atoms with E-state index in [0.717, 1.165) is 10.9 Å². The highest BCUT2D eigenvalue weighted by Crippen LogP contribution is 2.23. The second-order valence-electron chi connectivity index (χ2n) is 4.47. The Labute approximate surface area is 116 Å². The number of nitrogens with one attached hydrogen (secondary N) is 1. The van der Waals surface area contributed by atoms with Crippen LogP contribution in [0.15, 0.2) is 53.0 Å². The Kier molecular flexibility index (Phi) is 4.53. The first-order chi connectivity index (χ1) is 8.69. The van der Waals surface area contributed by atoms with Crippen molar-refractivity contribution in [2.75, 3.05) is 0 Å². The minimum Gasteiger partial charge on any atom is -0.271 e. The lowest BCUT2D eigenvalue weighted by Crippen LogP contribution is -2.29. The molecule has 0 radical (unpaired) electrons. The van der Waals surface area contributed by atoms with Crippen molar-refractivity contribution in [3.8, 4) is 0 Å². The van der Waals surface area contributed by atoms with Gasteiger partial charge in [-0.05, 0) is 42.2 Å². The van der Waals surface area contributed by atoms with Crippen molar-refractivity contribution >= 4 is 15.9 Å². The lowest BCUT2D eigenvalue weighted by Gasteiger charge is -2.17. The van der Waals surface area contributed by atoms with Crippen LogP contribution in [0.25, 0.3) is 0 Å². The van der Waals surface area contributed by atoms with Gasteiger partial charge in [-0.1, -0.05) is 52.3 Å². The molecule has 0 fully saturated rings. The van der Waals surface area contributed by atoms with Crippen LogP contribution in [-0.4, -0.2) is 0 Å². The maximum Gasteiger partial charge on any atom is 0.0500 e. The molecule has 0 aliphatic heterocycles. The van der Waals surface area contributed by atoms with Crippen molar-refractivity contribution in [3.05, 3.63) is 69.7 Å². The van der Waals surface area contributed by atoms with E-state index in [2.05, 4.69) is 70.7 Å². The van der Waals surface area contributed by atoms with Gasteiger partial charge in [0.2, 0.25) is 0 Å². The van der Waals surface area contributed by atoms with Gasteiger partial charge in [-0.15, -0.1) is 0 Å². The lowest BCUT2D eigenvalue weighted by atomic mass is 9.98. The van der Waals surface area contributed by atoms with Crippen LogP contribution in [-0.2, 0) is 6.42 Å². The molecule has 18 heavy (non-hydrogen) atoms.